The minimum atomic E-state index is 0.368. The van der Waals surface area contributed by atoms with Gasteiger partial charge < -0.3 is 10.1 Å². The van der Waals surface area contributed by atoms with Gasteiger partial charge in [-0.15, -0.1) is 0 Å². The first-order valence-corrected chi connectivity index (χ1v) is 6.62. The smallest absolute Gasteiger partial charge is 0.0547 e. The molecule has 2 fully saturated rings. The molecule has 2 aliphatic rings. The first-order chi connectivity index (χ1) is 7.65. The molecule has 0 amide bonds. The molecule has 0 aromatic heterocycles. The maximum Gasteiger partial charge on any atom is 0.0547 e. The first kappa shape index (κ1) is 12.3. The van der Waals surface area contributed by atoms with Crippen molar-refractivity contribution in [2.75, 3.05) is 39.9 Å². The van der Waals surface area contributed by atoms with E-state index in [1.165, 1.54) is 25.9 Å². The molecule has 0 radical (unpaired) electrons. The predicted molar refractivity (Wildman–Crippen MR) is 66.6 cm³/mol. The molecule has 0 spiro atoms. The maximum absolute atomic E-state index is 5.62. The molecule has 3 unspecified atom stereocenters. The second-order valence-electron chi connectivity index (χ2n) is 5.95. The fraction of sp³-hybridized carbons (Fsp3) is 1.00. The molecule has 16 heavy (non-hydrogen) atoms. The van der Waals surface area contributed by atoms with E-state index in [1.54, 1.807) is 0 Å². The van der Waals surface area contributed by atoms with E-state index in [1.807, 2.05) is 0 Å². The van der Waals surface area contributed by atoms with Crippen molar-refractivity contribution in [3.63, 3.8) is 0 Å². The first-order valence-electron chi connectivity index (χ1n) is 6.62. The molecule has 1 N–H and O–H groups in total. The average molecular weight is 226 g/mol. The van der Waals surface area contributed by atoms with Crippen LogP contribution in [-0.2, 0) is 4.74 Å². The van der Waals surface area contributed by atoms with Gasteiger partial charge in [-0.1, -0.05) is 6.92 Å². The van der Waals surface area contributed by atoms with E-state index in [2.05, 4.69) is 31.1 Å². The van der Waals surface area contributed by atoms with Crippen LogP contribution >= 0.6 is 0 Å². The van der Waals surface area contributed by atoms with Crippen molar-refractivity contribution in [3.8, 4) is 0 Å². The Hall–Kier alpha value is -0.120. The molecule has 2 saturated heterocycles. The Morgan fingerprint density at radius 2 is 2.25 bits per heavy atom. The summed E-state index contributed by atoms with van der Waals surface area (Å²) in [5.41, 5.74) is 0.368. The molecule has 2 rings (SSSR count). The van der Waals surface area contributed by atoms with E-state index >= 15 is 0 Å². The van der Waals surface area contributed by atoms with Crippen LogP contribution in [0.5, 0.6) is 0 Å². The lowest BCUT2D eigenvalue weighted by Gasteiger charge is -2.34. The quantitative estimate of drug-likeness (QED) is 0.783. The summed E-state index contributed by atoms with van der Waals surface area (Å²) in [6.07, 6.45) is 2.57. The van der Waals surface area contributed by atoms with Crippen LogP contribution in [0.2, 0.25) is 0 Å². The summed E-state index contributed by atoms with van der Waals surface area (Å²) in [6.45, 7) is 10.2. The van der Waals surface area contributed by atoms with Crippen molar-refractivity contribution in [3.05, 3.63) is 0 Å². The summed E-state index contributed by atoms with van der Waals surface area (Å²) in [4.78, 5) is 2.66. The third-order valence-corrected chi connectivity index (χ3v) is 4.19. The van der Waals surface area contributed by atoms with Gasteiger partial charge in [0.25, 0.3) is 0 Å². The van der Waals surface area contributed by atoms with Gasteiger partial charge in [0.15, 0.2) is 0 Å². The van der Waals surface area contributed by atoms with Crippen LogP contribution in [0.4, 0.5) is 0 Å². The van der Waals surface area contributed by atoms with Crippen LogP contribution < -0.4 is 5.32 Å². The standard InChI is InChI=1S/C13H26N2O/c1-11-6-12(2)15(7-11)9-13(8-14-3)4-5-16-10-13/h11-12,14H,4-10H2,1-3H3. The van der Waals surface area contributed by atoms with Gasteiger partial charge >= 0.3 is 0 Å². The molecule has 3 nitrogen and oxygen atoms in total. The molecular formula is C13H26N2O. The highest BCUT2D eigenvalue weighted by Gasteiger charge is 2.39. The zero-order valence-electron chi connectivity index (χ0n) is 11.0. The molecule has 0 saturated carbocycles. The van der Waals surface area contributed by atoms with E-state index in [0.29, 0.717) is 5.41 Å². The lowest BCUT2D eigenvalue weighted by molar-refractivity contribution is 0.106. The number of nitrogens with zero attached hydrogens (tertiary/aromatic N) is 1. The van der Waals surface area contributed by atoms with Crippen molar-refractivity contribution in [2.24, 2.45) is 11.3 Å². The minimum Gasteiger partial charge on any atom is -0.381 e. The van der Waals surface area contributed by atoms with Crippen LogP contribution in [0.3, 0.4) is 0 Å². The Bertz CT molecular complexity index is 226. The Morgan fingerprint density at radius 1 is 1.44 bits per heavy atom. The number of ether oxygens (including phenoxy) is 1. The topological polar surface area (TPSA) is 24.5 Å². The van der Waals surface area contributed by atoms with Crippen LogP contribution in [0, 0.1) is 11.3 Å². The minimum absolute atomic E-state index is 0.368. The SMILES string of the molecule is CNCC1(CN2CC(C)CC2C)CCOC1. The van der Waals surface area contributed by atoms with Gasteiger partial charge in [-0.25, -0.2) is 0 Å². The molecule has 0 bridgehead atoms. The highest BCUT2D eigenvalue weighted by molar-refractivity contribution is 4.91. The number of likely N-dealkylation sites (tertiary alicyclic amines) is 1. The Labute approximate surface area is 99.5 Å². The summed E-state index contributed by atoms with van der Waals surface area (Å²) in [6, 6.07) is 0.754. The third kappa shape index (κ3) is 2.58. The second kappa shape index (κ2) is 5.03. The lowest BCUT2D eigenvalue weighted by atomic mass is 9.86. The zero-order valence-corrected chi connectivity index (χ0v) is 11.0. The molecule has 3 atom stereocenters. The fourth-order valence-electron chi connectivity index (χ4n) is 3.38. The maximum atomic E-state index is 5.62. The molecule has 0 aliphatic carbocycles. The Balaban J connectivity index is 1.95. The van der Waals surface area contributed by atoms with Gasteiger partial charge in [-0.2, -0.15) is 0 Å². The van der Waals surface area contributed by atoms with Gasteiger partial charge in [0.1, 0.15) is 0 Å². The largest absolute Gasteiger partial charge is 0.381 e. The summed E-state index contributed by atoms with van der Waals surface area (Å²) < 4.78 is 5.62. The Morgan fingerprint density at radius 3 is 2.75 bits per heavy atom. The van der Waals surface area contributed by atoms with Gasteiger partial charge in [-0.3, -0.25) is 4.90 Å². The Kier molecular flexibility index (Phi) is 3.88. The summed E-state index contributed by atoms with van der Waals surface area (Å²) in [5.74, 6) is 0.865. The van der Waals surface area contributed by atoms with Crippen LogP contribution in [0.15, 0.2) is 0 Å². The number of hydrogen-bond acceptors (Lipinski definition) is 3. The number of rotatable bonds is 4. The van der Waals surface area contributed by atoms with E-state index in [-0.39, 0.29) is 0 Å². The van der Waals surface area contributed by atoms with E-state index in [0.717, 1.165) is 31.7 Å². The molecule has 2 aliphatic heterocycles. The van der Waals surface area contributed by atoms with E-state index in [9.17, 15) is 0 Å². The van der Waals surface area contributed by atoms with E-state index < -0.39 is 0 Å². The van der Waals surface area contributed by atoms with Gasteiger partial charge in [-0.05, 0) is 32.7 Å². The predicted octanol–water partition coefficient (Wildman–Crippen LogP) is 1.34. The number of hydrogen-bond donors (Lipinski definition) is 1. The van der Waals surface area contributed by atoms with Crippen molar-refractivity contribution in [2.45, 2.75) is 32.7 Å². The average Bonchev–Trinajstić information content (AvgIpc) is 2.77. The number of nitrogens with one attached hydrogen (secondary N) is 1. The lowest BCUT2D eigenvalue weighted by Crippen LogP contribution is -2.45. The summed E-state index contributed by atoms with van der Waals surface area (Å²) in [7, 11) is 2.05. The molecule has 0 aromatic carbocycles. The van der Waals surface area contributed by atoms with Crippen molar-refractivity contribution >= 4 is 0 Å². The van der Waals surface area contributed by atoms with E-state index in [4.69, 9.17) is 4.74 Å². The summed E-state index contributed by atoms with van der Waals surface area (Å²) in [5, 5.41) is 3.34. The highest BCUT2D eigenvalue weighted by Crippen LogP contribution is 2.33. The fourth-order valence-corrected chi connectivity index (χ4v) is 3.38. The highest BCUT2D eigenvalue weighted by atomic mass is 16.5. The van der Waals surface area contributed by atoms with Gasteiger partial charge in [0.2, 0.25) is 0 Å². The second-order valence-corrected chi connectivity index (χ2v) is 5.95. The van der Waals surface area contributed by atoms with Crippen LogP contribution in [0.1, 0.15) is 26.7 Å². The molecule has 2 heterocycles. The molecule has 0 aromatic rings. The molecule has 3 heteroatoms. The monoisotopic (exact) mass is 226 g/mol. The normalized spacial score (nSPS) is 40.7. The van der Waals surface area contributed by atoms with Crippen LogP contribution in [0.25, 0.3) is 0 Å². The molecular weight excluding hydrogens is 200 g/mol. The summed E-state index contributed by atoms with van der Waals surface area (Å²) >= 11 is 0. The van der Waals surface area contributed by atoms with Crippen LogP contribution in [-0.4, -0.2) is 50.8 Å². The molecule has 94 valence electrons. The van der Waals surface area contributed by atoms with Crippen molar-refractivity contribution < 1.29 is 4.74 Å². The van der Waals surface area contributed by atoms with Crippen molar-refractivity contribution in [1.29, 1.82) is 0 Å². The van der Waals surface area contributed by atoms with Gasteiger partial charge in [0.05, 0.1) is 6.61 Å². The van der Waals surface area contributed by atoms with Gasteiger partial charge in [0, 0.05) is 37.7 Å². The zero-order chi connectivity index (χ0) is 11.6. The third-order valence-electron chi connectivity index (χ3n) is 4.19. The van der Waals surface area contributed by atoms with Crippen molar-refractivity contribution in [1.82, 2.24) is 10.2 Å².